The summed E-state index contributed by atoms with van der Waals surface area (Å²) in [5.41, 5.74) is 4.71. The van der Waals surface area contributed by atoms with Gasteiger partial charge in [0, 0.05) is 13.1 Å². The van der Waals surface area contributed by atoms with Crippen molar-refractivity contribution in [3.8, 4) is 5.69 Å². The van der Waals surface area contributed by atoms with Crippen molar-refractivity contribution in [1.29, 1.82) is 0 Å². The molecule has 0 saturated heterocycles. The quantitative estimate of drug-likeness (QED) is 0.608. The van der Waals surface area contributed by atoms with E-state index < -0.39 is 0 Å². The third-order valence-electron chi connectivity index (χ3n) is 7.32. The zero-order chi connectivity index (χ0) is 22.9. The second kappa shape index (κ2) is 9.06. The third kappa shape index (κ3) is 4.18. The number of nitrogens with one attached hydrogen (secondary N) is 1. The SMILES string of the molecule is CCCC(C[C@H]1CCC2=Cc3c(cnn3-c3ccc(F)cc3)C[C@@]21C)NC(=O)N(C)OC. The molecule has 0 bridgehead atoms. The summed E-state index contributed by atoms with van der Waals surface area (Å²) in [7, 11) is 3.12. The maximum absolute atomic E-state index is 13.4. The largest absolute Gasteiger partial charge is 0.341 e. The van der Waals surface area contributed by atoms with Gasteiger partial charge in [0.25, 0.3) is 0 Å². The molecule has 1 heterocycles. The monoisotopic (exact) mass is 440 g/mol. The van der Waals surface area contributed by atoms with Gasteiger partial charge in [-0.15, -0.1) is 0 Å². The van der Waals surface area contributed by atoms with Crippen LogP contribution in [0.5, 0.6) is 0 Å². The maximum Gasteiger partial charge on any atom is 0.341 e. The highest BCUT2D eigenvalue weighted by atomic mass is 19.1. The molecule has 7 heteroatoms. The highest BCUT2D eigenvalue weighted by Gasteiger charge is 2.46. The van der Waals surface area contributed by atoms with Gasteiger partial charge in [0.15, 0.2) is 0 Å². The summed E-state index contributed by atoms with van der Waals surface area (Å²) in [5.74, 6) is 0.241. The summed E-state index contributed by atoms with van der Waals surface area (Å²) in [6.45, 7) is 4.51. The summed E-state index contributed by atoms with van der Waals surface area (Å²) in [6, 6.07) is 6.39. The van der Waals surface area contributed by atoms with Crippen molar-refractivity contribution in [2.75, 3.05) is 14.2 Å². The number of carbonyl (C=O) groups excluding carboxylic acids is 1. The number of nitrogens with zero attached hydrogens (tertiary/aromatic N) is 3. The lowest BCUT2D eigenvalue weighted by atomic mass is 9.68. The minimum atomic E-state index is -0.246. The van der Waals surface area contributed by atoms with E-state index in [1.165, 1.54) is 35.4 Å². The average Bonchev–Trinajstić information content (AvgIpc) is 3.32. The van der Waals surface area contributed by atoms with E-state index in [9.17, 15) is 9.18 Å². The Morgan fingerprint density at radius 3 is 2.84 bits per heavy atom. The zero-order valence-corrected chi connectivity index (χ0v) is 19.4. The Hall–Kier alpha value is -2.67. The summed E-state index contributed by atoms with van der Waals surface area (Å²) in [4.78, 5) is 17.4. The second-order valence-corrected chi connectivity index (χ2v) is 9.29. The van der Waals surface area contributed by atoms with Crippen molar-refractivity contribution >= 4 is 12.1 Å². The van der Waals surface area contributed by atoms with Crippen LogP contribution >= 0.6 is 0 Å². The molecule has 2 amide bonds. The molecule has 2 aromatic rings. The van der Waals surface area contributed by atoms with E-state index >= 15 is 0 Å². The van der Waals surface area contributed by atoms with Crippen molar-refractivity contribution in [1.82, 2.24) is 20.2 Å². The number of halogens is 1. The third-order valence-corrected chi connectivity index (χ3v) is 7.32. The standard InChI is InChI=1S/C25H33FN4O2/c1-5-6-21(28-24(31)29(3)32-4)13-18-7-8-19-14-23-17(15-25(18,19)2)16-27-30(23)22-11-9-20(26)10-12-22/h9-12,14,16,18,21H,5-8,13,15H2,1-4H3,(H,28,31)/t18-,21?,25-/m1/s1. The fourth-order valence-corrected chi connectivity index (χ4v) is 5.39. The molecule has 172 valence electrons. The van der Waals surface area contributed by atoms with Crippen molar-refractivity contribution in [3.63, 3.8) is 0 Å². The zero-order valence-electron chi connectivity index (χ0n) is 19.4. The van der Waals surface area contributed by atoms with Gasteiger partial charge < -0.3 is 5.32 Å². The number of fused-ring (bicyclic) bond motifs is 2. The lowest BCUT2D eigenvalue weighted by molar-refractivity contribution is -0.0659. The molecular weight excluding hydrogens is 407 g/mol. The molecule has 1 N–H and O–H groups in total. The van der Waals surface area contributed by atoms with Gasteiger partial charge in [0.2, 0.25) is 0 Å². The number of hydrogen-bond acceptors (Lipinski definition) is 3. The Labute approximate surface area is 189 Å². The predicted octanol–water partition coefficient (Wildman–Crippen LogP) is 5.13. The van der Waals surface area contributed by atoms with Crippen LogP contribution in [0.2, 0.25) is 0 Å². The maximum atomic E-state index is 13.4. The molecule has 1 saturated carbocycles. The van der Waals surface area contributed by atoms with Gasteiger partial charge in [-0.3, -0.25) is 4.84 Å². The van der Waals surface area contributed by atoms with Crippen molar-refractivity contribution in [3.05, 3.63) is 53.1 Å². The minimum Gasteiger partial charge on any atom is -0.333 e. The Bertz CT molecular complexity index is 1000. The number of benzene rings is 1. The fraction of sp³-hybridized carbons (Fsp3) is 0.520. The van der Waals surface area contributed by atoms with Crippen molar-refractivity contribution < 1.29 is 14.0 Å². The summed E-state index contributed by atoms with van der Waals surface area (Å²) in [6.07, 6.45) is 10.3. The molecular formula is C25H33FN4O2. The smallest absolute Gasteiger partial charge is 0.333 e. The van der Waals surface area contributed by atoms with Gasteiger partial charge in [-0.05, 0) is 79.3 Å². The van der Waals surface area contributed by atoms with Crippen LogP contribution < -0.4 is 5.32 Å². The Balaban J connectivity index is 1.54. The molecule has 1 aromatic heterocycles. The van der Waals surface area contributed by atoms with E-state index in [2.05, 4.69) is 30.3 Å². The Morgan fingerprint density at radius 2 is 2.16 bits per heavy atom. The summed E-state index contributed by atoms with van der Waals surface area (Å²) < 4.78 is 15.3. The van der Waals surface area contributed by atoms with Crippen LogP contribution in [0, 0.1) is 17.2 Å². The Morgan fingerprint density at radius 1 is 1.41 bits per heavy atom. The van der Waals surface area contributed by atoms with E-state index in [4.69, 9.17) is 4.84 Å². The van der Waals surface area contributed by atoms with Gasteiger partial charge in [0.1, 0.15) is 5.82 Å². The molecule has 0 radical (unpaired) electrons. The Kier molecular flexibility index (Phi) is 6.38. The molecule has 1 unspecified atom stereocenters. The molecule has 4 rings (SSSR count). The topological polar surface area (TPSA) is 59.4 Å². The molecule has 2 aliphatic carbocycles. The van der Waals surface area contributed by atoms with E-state index in [1.807, 2.05) is 10.9 Å². The molecule has 1 fully saturated rings. The van der Waals surface area contributed by atoms with Crippen molar-refractivity contribution in [2.24, 2.45) is 11.3 Å². The highest BCUT2D eigenvalue weighted by molar-refractivity contribution is 5.73. The lowest BCUT2D eigenvalue weighted by Gasteiger charge is -2.37. The molecule has 6 nitrogen and oxygen atoms in total. The molecule has 32 heavy (non-hydrogen) atoms. The van der Waals surface area contributed by atoms with Gasteiger partial charge in [0.05, 0.1) is 24.7 Å². The first kappa shape index (κ1) is 22.5. The second-order valence-electron chi connectivity index (χ2n) is 9.29. The van der Waals surface area contributed by atoms with Crippen LogP contribution in [0.15, 0.2) is 36.0 Å². The highest BCUT2D eigenvalue weighted by Crippen LogP contribution is 2.54. The molecule has 3 atom stereocenters. The molecule has 2 aliphatic rings. The summed E-state index contributed by atoms with van der Waals surface area (Å²) >= 11 is 0. The normalized spacial score (nSPS) is 22.7. The molecule has 0 spiro atoms. The van der Waals surface area contributed by atoms with Crippen LogP contribution in [0.25, 0.3) is 11.8 Å². The number of amides is 2. The van der Waals surface area contributed by atoms with Gasteiger partial charge >= 0.3 is 6.03 Å². The number of aromatic nitrogens is 2. The minimum absolute atomic E-state index is 0.0630. The molecule has 1 aromatic carbocycles. The van der Waals surface area contributed by atoms with E-state index in [0.29, 0.717) is 5.92 Å². The first-order valence-corrected chi connectivity index (χ1v) is 11.5. The average molecular weight is 441 g/mol. The number of carbonyl (C=O) groups is 1. The summed E-state index contributed by atoms with van der Waals surface area (Å²) in [5, 5.41) is 9.00. The first-order chi connectivity index (χ1) is 15.4. The van der Waals surface area contributed by atoms with Gasteiger partial charge in [-0.2, -0.15) is 5.10 Å². The number of hydroxylamine groups is 2. The van der Waals surface area contributed by atoms with Crippen LogP contribution in [-0.4, -0.2) is 41.1 Å². The van der Waals surface area contributed by atoms with E-state index in [-0.39, 0.29) is 23.3 Å². The number of hydrogen-bond donors (Lipinski definition) is 1. The van der Waals surface area contributed by atoms with E-state index in [0.717, 1.165) is 49.9 Å². The van der Waals surface area contributed by atoms with Gasteiger partial charge in [-0.25, -0.2) is 18.9 Å². The first-order valence-electron chi connectivity index (χ1n) is 11.5. The lowest BCUT2D eigenvalue weighted by Crippen LogP contribution is -2.44. The van der Waals surface area contributed by atoms with Crippen LogP contribution in [0.1, 0.15) is 57.2 Å². The predicted molar refractivity (Wildman–Crippen MR) is 123 cm³/mol. The fourth-order valence-electron chi connectivity index (χ4n) is 5.39. The number of urea groups is 1. The number of allylic oxidation sites excluding steroid dienone is 1. The molecule has 0 aliphatic heterocycles. The van der Waals surface area contributed by atoms with Crippen molar-refractivity contribution in [2.45, 2.75) is 58.4 Å². The number of rotatable bonds is 7. The van der Waals surface area contributed by atoms with Crippen LogP contribution in [0.3, 0.4) is 0 Å². The van der Waals surface area contributed by atoms with Crippen LogP contribution in [-0.2, 0) is 11.3 Å². The van der Waals surface area contributed by atoms with Crippen LogP contribution in [0.4, 0.5) is 9.18 Å². The van der Waals surface area contributed by atoms with Gasteiger partial charge in [-0.1, -0.05) is 25.8 Å². The van der Waals surface area contributed by atoms with E-state index in [1.54, 1.807) is 19.2 Å².